The standard InChI is InChI=1S/C9H14N4O2/c1-8(14)12-4-6-13(7-5-12)9(15)11-3-2-10/h3-7H2,1H3,(H,11,15). The summed E-state index contributed by atoms with van der Waals surface area (Å²) in [6.07, 6.45) is 0. The first-order chi connectivity index (χ1) is 7.15. The summed E-state index contributed by atoms with van der Waals surface area (Å²) in [7, 11) is 0. The third-order valence-corrected chi connectivity index (χ3v) is 2.33. The van der Waals surface area contributed by atoms with E-state index in [1.165, 1.54) is 6.92 Å². The molecule has 0 aromatic heterocycles. The number of piperazine rings is 1. The van der Waals surface area contributed by atoms with Crippen molar-refractivity contribution in [1.82, 2.24) is 15.1 Å². The number of carbonyl (C=O) groups excluding carboxylic acids is 2. The van der Waals surface area contributed by atoms with Crippen molar-refractivity contribution in [2.75, 3.05) is 32.7 Å². The van der Waals surface area contributed by atoms with E-state index in [2.05, 4.69) is 5.32 Å². The van der Waals surface area contributed by atoms with Gasteiger partial charge < -0.3 is 15.1 Å². The Labute approximate surface area is 88.4 Å². The van der Waals surface area contributed by atoms with Gasteiger partial charge in [-0.05, 0) is 0 Å². The Kier molecular flexibility index (Phi) is 3.92. The molecular formula is C9H14N4O2. The maximum absolute atomic E-state index is 11.4. The molecule has 0 unspecified atom stereocenters. The van der Waals surface area contributed by atoms with Crippen molar-refractivity contribution in [3.63, 3.8) is 0 Å². The molecule has 0 aromatic carbocycles. The molecule has 0 radical (unpaired) electrons. The van der Waals surface area contributed by atoms with Gasteiger partial charge in [0.05, 0.1) is 6.07 Å². The molecule has 0 aromatic rings. The summed E-state index contributed by atoms with van der Waals surface area (Å²) < 4.78 is 0. The molecule has 15 heavy (non-hydrogen) atoms. The van der Waals surface area contributed by atoms with E-state index in [1.54, 1.807) is 9.80 Å². The number of carbonyl (C=O) groups is 2. The number of hydrogen-bond acceptors (Lipinski definition) is 3. The summed E-state index contributed by atoms with van der Waals surface area (Å²) in [5, 5.41) is 10.8. The minimum Gasteiger partial charge on any atom is -0.339 e. The molecule has 82 valence electrons. The lowest BCUT2D eigenvalue weighted by Gasteiger charge is -2.33. The van der Waals surface area contributed by atoms with Gasteiger partial charge in [0.15, 0.2) is 0 Å². The lowest BCUT2D eigenvalue weighted by atomic mass is 10.3. The Morgan fingerprint density at radius 3 is 2.27 bits per heavy atom. The van der Waals surface area contributed by atoms with Gasteiger partial charge in [0, 0.05) is 33.1 Å². The second-order valence-electron chi connectivity index (χ2n) is 3.31. The Morgan fingerprint density at radius 2 is 1.80 bits per heavy atom. The number of amides is 3. The first-order valence-corrected chi connectivity index (χ1v) is 4.80. The average Bonchev–Trinajstić information content (AvgIpc) is 2.26. The fourth-order valence-corrected chi connectivity index (χ4v) is 1.45. The molecule has 6 heteroatoms. The predicted molar refractivity (Wildman–Crippen MR) is 52.8 cm³/mol. The number of nitrogens with one attached hydrogen (secondary N) is 1. The molecule has 1 aliphatic heterocycles. The van der Waals surface area contributed by atoms with Gasteiger partial charge in [-0.3, -0.25) is 4.79 Å². The molecule has 0 atom stereocenters. The van der Waals surface area contributed by atoms with Crippen LogP contribution in [-0.4, -0.2) is 54.5 Å². The van der Waals surface area contributed by atoms with Gasteiger partial charge in [0.25, 0.3) is 0 Å². The monoisotopic (exact) mass is 210 g/mol. The molecule has 3 amide bonds. The largest absolute Gasteiger partial charge is 0.339 e. The van der Waals surface area contributed by atoms with Crippen LogP contribution in [0.25, 0.3) is 0 Å². The minimum atomic E-state index is -0.236. The number of nitrogens with zero attached hydrogens (tertiary/aromatic N) is 3. The van der Waals surface area contributed by atoms with Crippen molar-refractivity contribution in [2.24, 2.45) is 0 Å². The summed E-state index contributed by atoms with van der Waals surface area (Å²) in [4.78, 5) is 25.7. The van der Waals surface area contributed by atoms with E-state index in [9.17, 15) is 9.59 Å². The highest BCUT2D eigenvalue weighted by molar-refractivity contribution is 5.76. The van der Waals surface area contributed by atoms with Crippen molar-refractivity contribution in [3.8, 4) is 6.07 Å². The SMILES string of the molecule is CC(=O)N1CCN(C(=O)NCC#N)CC1. The van der Waals surface area contributed by atoms with Gasteiger partial charge in [0.1, 0.15) is 6.54 Å². The summed E-state index contributed by atoms with van der Waals surface area (Å²) in [6.45, 7) is 3.72. The fraction of sp³-hybridized carbons (Fsp3) is 0.667. The van der Waals surface area contributed by atoms with E-state index in [0.717, 1.165) is 0 Å². The highest BCUT2D eigenvalue weighted by atomic mass is 16.2. The zero-order valence-electron chi connectivity index (χ0n) is 8.69. The molecule has 1 aliphatic rings. The van der Waals surface area contributed by atoms with Gasteiger partial charge in [0.2, 0.25) is 5.91 Å². The Bertz CT molecular complexity index is 289. The van der Waals surface area contributed by atoms with E-state index in [1.807, 2.05) is 6.07 Å². The van der Waals surface area contributed by atoms with Gasteiger partial charge in [-0.15, -0.1) is 0 Å². The van der Waals surface area contributed by atoms with Crippen LogP contribution in [0.3, 0.4) is 0 Å². The number of urea groups is 1. The van der Waals surface area contributed by atoms with Crippen molar-refractivity contribution in [3.05, 3.63) is 0 Å². The molecule has 0 bridgehead atoms. The van der Waals surface area contributed by atoms with Crippen LogP contribution in [0.2, 0.25) is 0 Å². The molecule has 1 rings (SSSR count). The van der Waals surface area contributed by atoms with E-state index in [0.29, 0.717) is 26.2 Å². The summed E-state index contributed by atoms with van der Waals surface area (Å²) >= 11 is 0. The van der Waals surface area contributed by atoms with Crippen molar-refractivity contribution >= 4 is 11.9 Å². The fourth-order valence-electron chi connectivity index (χ4n) is 1.45. The molecule has 0 aliphatic carbocycles. The molecule has 1 heterocycles. The predicted octanol–water partition coefficient (Wildman–Crippen LogP) is -0.616. The second-order valence-corrected chi connectivity index (χ2v) is 3.31. The molecular weight excluding hydrogens is 196 g/mol. The summed E-state index contributed by atoms with van der Waals surface area (Å²) in [6, 6.07) is 1.61. The Balaban J connectivity index is 2.34. The molecule has 6 nitrogen and oxygen atoms in total. The van der Waals surface area contributed by atoms with Crippen LogP contribution in [-0.2, 0) is 4.79 Å². The van der Waals surface area contributed by atoms with Crippen molar-refractivity contribution in [2.45, 2.75) is 6.92 Å². The smallest absolute Gasteiger partial charge is 0.318 e. The van der Waals surface area contributed by atoms with Gasteiger partial charge in [-0.25, -0.2) is 4.79 Å². The first-order valence-electron chi connectivity index (χ1n) is 4.80. The first kappa shape index (κ1) is 11.3. The van der Waals surface area contributed by atoms with E-state index in [4.69, 9.17) is 5.26 Å². The minimum absolute atomic E-state index is 0.0196. The van der Waals surface area contributed by atoms with Gasteiger partial charge in [-0.1, -0.05) is 0 Å². The highest BCUT2D eigenvalue weighted by Gasteiger charge is 2.21. The Morgan fingerprint density at radius 1 is 1.27 bits per heavy atom. The number of nitriles is 1. The third-order valence-electron chi connectivity index (χ3n) is 2.33. The molecule has 1 saturated heterocycles. The summed E-state index contributed by atoms with van der Waals surface area (Å²) in [5.41, 5.74) is 0. The van der Waals surface area contributed by atoms with Crippen molar-refractivity contribution < 1.29 is 9.59 Å². The van der Waals surface area contributed by atoms with Gasteiger partial charge >= 0.3 is 6.03 Å². The topological polar surface area (TPSA) is 76.4 Å². The van der Waals surface area contributed by atoms with Crippen LogP contribution >= 0.6 is 0 Å². The lowest BCUT2D eigenvalue weighted by molar-refractivity contribution is -0.130. The quantitative estimate of drug-likeness (QED) is 0.586. The number of hydrogen-bond donors (Lipinski definition) is 1. The van der Waals surface area contributed by atoms with E-state index in [-0.39, 0.29) is 18.5 Å². The maximum atomic E-state index is 11.4. The lowest BCUT2D eigenvalue weighted by Crippen LogP contribution is -2.52. The zero-order valence-corrected chi connectivity index (χ0v) is 8.69. The maximum Gasteiger partial charge on any atom is 0.318 e. The second kappa shape index (κ2) is 5.20. The third kappa shape index (κ3) is 3.13. The van der Waals surface area contributed by atoms with Crippen LogP contribution in [0.1, 0.15) is 6.92 Å². The van der Waals surface area contributed by atoms with Gasteiger partial charge in [-0.2, -0.15) is 5.26 Å². The molecule has 1 N–H and O–H groups in total. The highest BCUT2D eigenvalue weighted by Crippen LogP contribution is 2.01. The summed E-state index contributed by atoms with van der Waals surface area (Å²) in [5.74, 6) is 0.0343. The van der Waals surface area contributed by atoms with Crippen LogP contribution in [0, 0.1) is 11.3 Å². The van der Waals surface area contributed by atoms with E-state index >= 15 is 0 Å². The van der Waals surface area contributed by atoms with Crippen LogP contribution in [0.4, 0.5) is 4.79 Å². The average molecular weight is 210 g/mol. The van der Waals surface area contributed by atoms with Crippen LogP contribution < -0.4 is 5.32 Å². The van der Waals surface area contributed by atoms with E-state index < -0.39 is 0 Å². The Hall–Kier alpha value is -1.77. The normalized spacial score (nSPS) is 15.7. The van der Waals surface area contributed by atoms with Crippen LogP contribution in [0.15, 0.2) is 0 Å². The number of rotatable bonds is 1. The zero-order chi connectivity index (χ0) is 11.3. The molecule has 1 fully saturated rings. The van der Waals surface area contributed by atoms with Crippen LogP contribution in [0.5, 0.6) is 0 Å². The van der Waals surface area contributed by atoms with Crippen molar-refractivity contribution in [1.29, 1.82) is 5.26 Å². The molecule has 0 saturated carbocycles. The molecule has 0 spiro atoms.